The molecule has 0 rings (SSSR count). The van der Waals surface area contributed by atoms with Crippen LogP contribution in [-0.4, -0.2) is 52.1 Å². The van der Waals surface area contributed by atoms with Crippen molar-refractivity contribution in [1.29, 1.82) is 0 Å². The van der Waals surface area contributed by atoms with Crippen molar-refractivity contribution in [2.45, 2.75) is 25.8 Å². The van der Waals surface area contributed by atoms with Crippen LogP contribution >= 0.6 is 0 Å². The van der Waals surface area contributed by atoms with Gasteiger partial charge in [-0.25, -0.2) is 0 Å². The van der Waals surface area contributed by atoms with Crippen LogP contribution in [-0.2, 0) is 19.0 Å². The number of methoxy groups -OCH3 is 1. The lowest BCUT2D eigenvalue weighted by Gasteiger charge is -2.21. The van der Waals surface area contributed by atoms with E-state index in [1.54, 1.807) is 28.0 Å². The van der Waals surface area contributed by atoms with Crippen LogP contribution in [0.3, 0.4) is 0 Å². The summed E-state index contributed by atoms with van der Waals surface area (Å²) in [4.78, 5) is 11.5. The molecule has 16 heavy (non-hydrogen) atoms. The number of esters is 1. The Kier molecular flexibility index (Phi) is 8.15. The van der Waals surface area contributed by atoms with Gasteiger partial charge in [-0.1, -0.05) is 0 Å². The van der Waals surface area contributed by atoms with E-state index < -0.39 is 5.54 Å². The van der Waals surface area contributed by atoms with E-state index in [1.165, 1.54) is 0 Å². The van der Waals surface area contributed by atoms with E-state index in [1.807, 2.05) is 0 Å². The van der Waals surface area contributed by atoms with Crippen molar-refractivity contribution in [1.82, 2.24) is 5.32 Å². The second-order valence-corrected chi connectivity index (χ2v) is 3.97. The Hall–Kier alpha value is -0.650. The molecule has 0 amide bonds. The van der Waals surface area contributed by atoms with Crippen LogP contribution in [0.15, 0.2) is 0 Å². The zero-order chi connectivity index (χ0) is 12.4. The molecule has 0 atom stereocenters. The third kappa shape index (κ3) is 6.76. The van der Waals surface area contributed by atoms with Crippen molar-refractivity contribution >= 4 is 5.97 Å². The van der Waals surface area contributed by atoms with Gasteiger partial charge in [0.15, 0.2) is 0 Å². The summed E-state index contributed by atoms with van der Waals surface area (Å²) < 4.78 is 15.2. The van der Waals surface area contributed by atoms with Gasteiger partial charge in [0, 0.05) is 20.3 Å². The van der Waals surface area contributed by atoms with Gasteiger partial charge in [-0.15, -0.1) is 0 Å². The summed E-state index contributed by atoms with van der Waals surface area (Å²) in [6.45, 7) is 5.57. The molecule has 1 N–H and O–H groups in total. The van der Waals surface area contributed by atoms with Crippen molar-refractivity contribution in [3.05, 3.63) is 0 Å². The predicted molar refractivity (Wildman–Crippen MR) is 61.4 cm³/mol. The third-order valence-electron chi connectivity index (χ3n) is 2.23. The molecule has 0 aromatic heterocycles. The first-order valence-electron chi connectivity index (χ1n) is 5.47. The fraction of sp³-hybridized carbons (Fsp3) is 0.909. The van der Waals surface area contributed by atoms with Gasteiger partial charge in [-0.3, -0.25) is 4.79 Å². The van der Waals surface area contributed by atoms with Crippen LogP contribution < -0.4 is 5.32 Å². The summed E-state index contributed by atoms with van der Waals surface area (Å²) in [5.41, 5.74) is -0.643. The molecular weight excluding hydrogens is 210 g/mol. The van der Waals surface area contributed by atoms with Crippen molar-refractivity contribution < 1.29 is 19.0 Å². The molecule has 0 unspecified atom stereocenters. The van der Waals surface area contributed by atoms with Crippen molar-refractivity contribution in [2.75, 3.05) is 40.6 Å². The molecule has 0 fully saturated rings. The summed E-state index contributed by atoms with van der Waals surface area (Å²) in [7, 11) is 3.38. The second-order valence-electron chi connectivity index (χ2n) is 3.97. The number of rotatable bonds is 9. The maximum Gasteiger partial charge on any atom is 0.325 e. The quantitative estimate of drug-likeness (QED) is 0.466. The van der Waals surface area contributed by atoms with Gasteiger partial charge in [-0.05, 0) is 27.3 Å². The van der Waals surface area contributed by atoms with Crippen LogP contribution in [0, 0.1) is 0 Å². The predicted octanol–water partition coefficient (Wildman–Crippen LogP) is 0.581. The highest BCUT2D eigenvalue weighted by Gasteiger charge is 2.26. The molecule has 0 aliphatic carbocycles. The average Bonchev–Trinajstić information content (AvgIpc) is 2.27. The highest BCUT2D eigenvalue weighted by Crippen LogP contribution is 2.03. The Morgan fingerprint density at radius 3 is 2.44 bits per heavy atom. The van der Waals surface area contributed by atoms with Crippen LogP contribution in [0.1, 0.15) is 20.3 Å². The molecule has 0 heterocycles. The Bertz CT molecular complexity index is 194. The maximum atomic E-state index is 11.5. The molecule has 0 aromatic carbocycles. The van der Waals surface area contributed by atoms with E-state index in [-0.39, 0.29) is 12.6 Å². The van der Waals surface area contributed by atoms with Gasteiger partial charge in [0.2, 0.25) is 0 Å². The number of hydrogen-bond acceptors (Lipinski definition) is 5. The molecule has 96 valence electrons. The van der Waals surface area contributed by atoms with Crippen molar-refractivity contribution in [2.24, 2.45) is 0 Å². The van der Waals surface area contributed by atoms with E-state index >= 15 is 0 Å². The van der Waals surface area contributed by atoms with E-state index in [2.05, 4.69) is 5.32 Å². The Balaban J connectivity index is 3.42. The minimum absolute atomic E-state index is 0.268. The molecular formula is C11H23NO4. The Morgan fingerprint density at radius 1 is 1.19 bits per heavy atom. The Morgan fingerprint density at radius 2 is 1.88 bits per heavy atom. The van der Waals surface area contributed by atoms with Gasteiger partial charge < -0.3 is 19.5 Å². The molecule has 0 spiro atoms. The number of ether oxygens (including phenoxy) is 3. The molecule has 0 saturated heterocycles. The Labute approximate surface area is 97.4 Å². The van der Waals surface area contributed by atoms with E-state index in [9.17, 15) is 4.79 Å². The van der Waals surface area contributed by atoms with Crippen molar-refractivity contribution in [3.8, 4) is 0 Å². The van der Waals surface area contributed by atoms with Crippen LogP contribution in [0.5, 0.6) is 0 Å². The lowest BCUT2D eigenvalue weighted by Crippen LogP contribution is -2.45. The molecule has 0 bridgehead atoms. The lowest BCUT2D eigenvalue weighted by molar-refractivity contribution is -0.151. The smallest absolute Gasteiger partial charge is 0.325 e. The average molecular weight is 233 g/mol. The molecule has 0 radical (unpaired) electrons. The van der Waals surface area contributed by atoms with Crippen LogP contribution in [0.4, 0.5) is 0 Å². The minimum Gasteiger partial charge on any atom is -0.462 e. The second kappa shape index (κ2) is 8.50. The SMILES string of the molecule is CNC(C)(C)C(=O)OCCOCCCOC. The van der Waals surface area contributed by atoms with Gasteiger partial charge in [0.1, 0.15) is 12.1 Å². The summed E-state index contributed by atoms with van der Waals surface area (Å²) in [6.07, 6.45) is 0.854. The third-order valence-corrected chi connectivity index (χ3v) is 2.23. The fourth-order valence-electron chi connectivity index (χ4n) is 0.883. The first kappa shape index (κ1) is 15.3. The van der Waals surface area contributed by atoms with Crippen molar-refractivity contribution in [3.63, 3.8) is 0 Å². The fourth-order valence-corrected chi connectivity index (χ4v) is 0.883. The monoisotopic (exact) mass is 233 g/mol. The maximum absolute atomic E-state index is 11.5. The topological polar surface area (TPSA) is 56.8 Å². The van der Waals surface area contributed by atoms with Gasteiger partial charge in [0.05, 0.1) is 6.61 Å². The van der Waals surface area contributed by atoms with E-state index in [0.29, 0.717) is 19.8 Å². The summed E-state index contributed by atoms with van der Waals surface area (Å²) in [5, 5.41) is 2.88. The lowest BCUT2D eigenvalue weighted by atomic mass is 10.1. The highest BCUT2D eigenvalue weighted by atomic mass is 16.6. The molecule has 5 nitrogen and oxygen atoms in total. The van der Waals surface area contributed by atoms with Gasteiger partial charge >= 0.3 is 5.97 Å². The minimum atomic E-state index is -0.643. The molecule has 0 aliphatic rings. The largest absolute Gasteiger partial charge is 0.462 e. The van der Waals surface area contributed by atoms with E-state index in [4.69, 9.17) is 14.2 Å². The van der Waals surface area contributed by atoms with E-state index in [0.717, 1.165) is 6.42 Å². The molecule has 0 aliphatic heterocycles. The standard InChI is InChI=1S/C11H23NO4/c1-11(2,12-3)10(13)16-9-8-15-7-5-6-14-4/h12H,5-9H2,1-4H3. The van der Waals surface area contributed by atoms with Crippen LogP contribution in [0.25, 0.3) is 0 Å². The van der Waals surface area contributed by atoms with Gasteiger partial charge in [0.25, 0.3) is 0 Å². The zero-order valence-corrected chi connectivity index (χ0v) is 10.7. The first-order chi connectivity index (χ1) is 7.54. The summed E-state index contributed by atoms with van der Waals surface area (Å²) >= 11 is 0. The molecule has 0 aromatic rings. The van der Waals surface area contributed by atoms with Gasteiger partial charge in [-0.2, -0.15) is 0 Å². The normalized spacial score (nSPS) is 11.5. The first-order valence-corrected chi connectivity index (χ1v) is 5.47. The molecule has 0 saturated carbocycles. The molecule has 5 heteroatoms. The number of carbonyl (C=O) groups is 1. The zero-order valence-electron chi connectivity index (χ0n) is 10.7. The number of nitrogens with one attached hydrogen (secondary N) is 1. The number of hydrogen-bond donors (Lipinski definition) is 1. The van der Waals surface area contributed by atoms with Crippen LogP contribution in [0.2, 0.25) is 0 Å². The summed E-state index contributed by atoms with van der Waals surface area (Å²) in [5.74, 6) is -0.268. The number of likely N-dealkylation sites (N-methyl/N-ethyl adjacent to an activating group) is 1. The highest BCUT2D eigenvalue weighted by molar-refractivity contribution is 5.79. The summed E-state index contributed by atoms with van der Waals surface area (Å²) in [6, 6.07) is 0. The number of carbonyl (C=O) groups excluding carboxylic acids is 1.